The highest BCUT2D eigenvalue weighted by molar-refractivity contribution is 5.86. The van der Waals surface area contributed by atoms with Crippen molar-refractivity contribution in [3.63, 3.8) is 0 Å². The van der Waals surface area contributed by atoms with Crippen LogP contribution in [0.1, 0.15) is 72.1 Å². The van der Waals surface area contributed by atoms with E-state index in [1.807, 2.05) is 0 Å². The van der Waals surface area contributed by atoms with Gasteiger partial charge in [-0.3, -0.25) is 4.79 Å². The van der Waals surface area contributed by atoms with Gasteiger partial charge in [0.25, 0.3) is 0 Å². The van der Waals surface area contributed by atoms with E-state index in [0.29, 0.717) is 24.2 Å². The number of ether oxygens (including phenoxy) is 2. The number of fused-ring (bicyclic) bond motifs is 5. The molecule has 5 aliphatic rings. The molecule has 0 radical (unpaired) electrons. The topological polar surface area (TPSA) is 55.8 Å². The standard InChI is InChI=1S/C23H34O4/c1-15(24)23(25)9-7-19-17-5-4-16-14-22(26-12-13-27-22)11-10-20(16,2)18(17)6-8-21(19,23)3/h4,17-19,25H,5-14H2,1-3H3/t17-,18+,19+,20-,21-,23+/m0/s1. The number of ketones is 1. The van der Waals surface area contributed by atoms with E-state index >= 15 is 0 Å². The minimum Gasteiger partial charge on any atom is -0.382 e. The normalized spacial score (nSPS) is 50.7. The second-order valence-corrected chi connectivity index (χ2v) is 10.5. The van der Waals surface area contributed by atoms with Crippen molar-refractivity contribution in [2.24, 2.45) is 28.6 Å². The zero-order valence-electron chi connectivity index (χ0n) is 17.1. The minimum absolute atomic E-state index is 0.0284. The lowest BCUT2D eigenvalue weighted by Crippen LogP contribution is -2.57. The van der Waals surface area contributed by atoms with Crippen LogP contribution in [0.3, 0.4) is 0 Å². The summed E-state index contributed by atoms with van der Waals surface area (Å²) >= 11 is 0. The van der Waals surface area contributed by atoms with Gasteiger partial charge < -0.3 is 14.6 Å². The number of aliphatic hydroxyl groups is 1. The predicted octanol–water partition coefficient (Wildman–Crippen LogP) is 4.01. The molecule has 4 heteroatoms. The molecule has 3 saturated carbocycles. The molecule has 1 aliphatic heterocycles. The maximum atomic E-state index is 12.3. The summed E-state index contributed by atoms with van der Waals surface area (Å²) in [5.74, 6) is 1.31. The van der Waals surface area contributed by atoms with E-state index < -0.39 is 5.60 Å². The Morgan fingerprint density at radius 2 is 1.78 bits per heavy atom. The molecule has 4 nitrogen and oxygen atoms in total. The van der Waals surface area contributed by atoms with Gasteiger partial charge in [-0.25, -0.2) is 0 Å². The van der Waals surface area contributed by atoms with Crippen molar-refractivity contribution in [2.75, 3.05) is 13.2 Å². The van der Waals surface area contributed by atoms with Crippen molar-refractivity contribution in [1.29, 1.82) is 0 Å². The number of carbonyl (C=O) groups is 1. The number of Topliss-reactive ketones (excluding diaryl/α,β-unsaturated/α-hetero) is 1. The third-order valence-electron chi connectivity index (χ3n) is 9.66. The van der Waals surface area contributed by atoms with Gasteiger partial charge in [0.1, 0.15) is 5.60 Å². The molecule has 5 rings (SSSR count). The van der Waals surface area contributed by atoms with Gasteiger partial charge in [-0.2, -0.15) is 0 Å². The Hall–Kier alpha value is -0.710. The van der Waals surface area contributed by atoms with Crippen molar-refractivity contribution in [1.82, 2.24) is 0 Å². The highest BCUT2D eigenvalue weighted by Gasteiger charge is 2.65. The molecule has 150 valence electrons. The summed E-state index contributed by atoms with van der Waals surface area (Å²) < 4.78 is 12.0. The average Bonchev–Trinajstić information content (AvgIpc) is 3.19. The summed E-state index contributed by atoms with van der Waals surface area (Å²) in [5, 5.41) is 11.3. The summed E-state index contributed by atoms with van der Waals surface area (Å²) in [7, 11) is 0. The van der Waals surface area contributed by atoms with Crippen molar-refractivity contribution in [3.8, 4) is 0 Å². The van der Waals surface area contributed by atoms with Crippen molar-refractivity contribution in [3.05, 3.63) is 11.6 Å². The molecule has 0 bridgehead atoms. The summed E-state index contributed by atoms with van der Waals surface area (Å²) in [6.07, 6.45) is 10.3. The Morgan fingerprint density at radius 3 is 2.48 bits per heavy atom. The van der Waals surface area contributed by atoms with Gasteiger partial charge in [-0.15, -0.1) is 0 Å². The van der Waals surface area contributed by atoms with Crippen LogP contribution in [0, 0.1) is 28.6 Å². The van der Waals surface area contributed by atoms with Crippen LogP contribution in [0.15, 0.2) is 11.6 Å². The summed E-state index contributed by atoms with van der Waals surface area (Å²) in [6, 6.07) is 0. The Morgan fingerprint density at radius 1 is 1.07 bits per heavy atom. The van der Waals surface area contributed by atoms with Gasteiger partial charge in [0.15, 0.2) is 11.6 Å². The lowest BCUT2D eigenvalue weighted by atomic mass is 9.46. The molecular weight excluding hydrogens is 340 g/mol. The van der Waals surface area contributed by atoms with E-state index in [4.69, 9.17) is 9.47 Å². The largest absolute Gasteiger partial charge is 0.382 e. The Kier molecular flexibility index (Phi) is 3.85. The number of carbonyl (C=O) groups excluding carboxylic acids is 1. The Labute approximate surface area is 162 Å². The van der Waals surface area contributed by atoms with Crippen molar-refractivity contribution >= 4 is 5.78 Å². The predicted molar refractivity (Wildman–Crippen MR) is 102 cm³/mol. The molecule has 0 aromatic heterocycles. The molecule has 0 unspecified atom stereocenters. The van der Waals surface area contributed by atoms with Gasteiger partial charge in [-0.05, 0) is 68.6 Å². The second-order valence-electron chi connectivity index (χ2n) is 10.5. The van der Waals surface area contributed by atoms with E-state index in [1.54, 1.807) is 12.5 Å². The highest BCUT2D eigenvalue weighted by Crippen LogP contribution is 2.68. The first kappa shape index (κ1) is 18.3. The molecule has 4 aliphatic carbocycles. The second kappa shape index (κ2) is 5.67. The maximum absolute atomic E-state index is 12.3. The fourth-order valence-electron chi connectivity index (χ4n) is 7.94. The molecule has 1 saturated heterocycles. The van der Waals surface area contributed by atoms with Crippen LogP contribution >= 0.6 is 0 Å². The Balaban J connectivity index is 1.46. The maximum Gasteiger partial charge on any atom is 0.172 e. The van der Waals surface area contributed by atoms with Gasteiger partial charge in [0, 0.05) is 18.3 Å². The molecule has 0 aromatic carbocycles. The fraction of sp³-hybridized carbons (Fsp3) is 0.870. The molecule has 1 spiro atoms. The van der Waals surface area contributed by atoms with E-state index in [2.05, 4.69) is 19.9 Å². The average molecular weight is 375 g/mol. The summed E-state index contributed by atoms with van der Waals surface area (Å²) in [5.41, 5.74) is 0.396. The van der Waals surface area contributed by atoms with Crippen LogP contribution < -0.4 is 0 Å². The smallest absolute Gasteiger partial charge is 0.172 e. The van der Waals surface area contributed by atoms with Crippen molar-refractivity contribution < 1.29 is 19.4 Å². The first-order valence-electron chi connectivity index (χ1n) is 11.0. The van der Waals surface area contributed by atoms with E-state index in [9.17, 15) is 9.90 Å². The zero-order chi connectivity index (χ0) is 19.1. The first-order valence-corrected chi connectivity index (χ1v) is 11.0. The highest BCUT2D eigenvalue weighted by atomic mass is 16.7. The molecular formula is C23H34O4. The zero-order valence-corrected chi connectivity index (χ0v) is 17.1. The lowest BCUT2D eigenvalue weighted by Gasteiger charge is -2.59. The summed E-state index contributed by atoms with van der Waals surface area (Å²) in [4.78, 5) is 12.3. The van der Waals surface area contributed by atoms with Gasteiger partial charge in [0.2, 0.25) is 0 Å². The van der Waals surface area contributed by atoms with Crippen LogP contribution in [0.2, 0.25) is 0 Å². The van der Waals surface area contributed by atoms with E-state index in [1.165, 1.54) is 0 Å². The van der Waals surface area contributed by atoms with Gasteiger partial charge >= 0.3 is 0 Å². The minimum atomic E-state index is -1.12. The molecule has 6 atom stereocenters. The van der Waals surface area contributed by atoms with Crippen LogP contribution in [0.25, 0.3) is 0 Å². The van der Waals surface area contributed by atoms with Crippen LogP contribution in [0.5, 0.6) is 0 Å². The molecule has 1 N–H and O–H groups in total. The third kappa shape index (κ3) is 2.24. The number of hydrogen-bond donors (Lipinski definition) is 1. The molecule has 27 heavy (non-hydrogen) atoms. The molecule has 0 amide bonds. The third-order valence-corrected chi connectivity index (χ3v) is 9.66. The fourth-order valence-corrected chi connectivity index (χ4v) is 7.94. The summed E-state index contributed by atoms with van der Waals surface area (Å²) in [6.45, 7) is 7.69. The number of rotatable bonds is 1. The quantitative estimate of drug-likeness (QED) is 0.705. The number of hydrogen-bond acceptors (Lipinski definition) is 4. The lowest BCUT2D eigenvalue weighted by molar-refractivity contribution is -0.188. The van der Waals surface area contributed by atoms with Crippen LogP contribution in [0.4, 0.5) is 0 Å². The molecule has 1 heterocycles. The number of allylic oxidation sites excluding steroid dienone is 1. The van der Waals surface area contributed by atoms with E-state index in [0.717, 1.165) is 58.2 Å². The van der Waals surface area contributed by atoms with Crippen molar-refractivity contribution in [2.45, 2.75) is 83.5 Å². The van der Waals surface area contributed by atoms with E-state index in [-0.39, 0.29) is 22.4 Å². The molecule has 0 aromatic rings. The monoisotopic (exact) mass is 374 g/mol. The van der Waals surface area contributed by atoms with Gasteiger partial charge in [-0.1, -0.05) is 25.5 Å². The molecule has 4 fully saturated rings. The van der Waals surface area contributed by atoms with Crippen LogP contribution in [-0.4, -0.2) is 35.5 Å². The van der Waals surface area contributed by atoms with Crippen LogP contribution in [-0.2, 0) is 14.3 Å². The first-order chi connectivity index (χ1) is 12.7. The van der Waals surface area contributed by atoms with Gasteiger partial charge in [0.05, 0.1) is 13.2 Å². The SMILES string of the molecule is CC(=O)[C@]1(O)CC[C@@H]2[C@H]3CC=C4CC5(CC[C@]4(C)[C@@H]3CC[C@@]21C)OCCO5. The Bertz CT molecular complexity index is 692.